The molecule has 0 aliphatic heterocycles. The maximum atomic E-state index is 12.7. The van der Waals surface area contributed by atoms with Crippen molar-refractivity contribution < 1.29 is 29.3 Å². The molecule has 8 heteroatoms. The molecule has 0 radical (unpaired) electrons. The number of amides is 2. The molecule has 3 N–H and O–H groups in total. The van der Waals surface area contributed by atoms with E-state index < -0.39 is 23.4 Å². The smallest absolute Gasteiger partial charge is 0.373 e. The maximum absolute atomic E-state index is 12.7. The van der Waals surface area contributed by atoms with Crippen molar-refractivity contribution in [1.29, 1.82) is 0 Å². The van der Waals surface area contributed by atoms with E-state index in [1.807, 2.05) is 53.7 Å². The molecule has 2 aromatic carbocycles. The summed E-state index contributed by atoms with van der Waals surface area (Å²) in [4.78, 5) is 47.5. The van der Waals surface area contributed by atoms with E-state index >= 15 is 0 Å². The van der Waals surface area contributed by atoms with Gasteiger partial charge in [-0.05, 0) is 66.8 Å². The van der Waals surface area contributed by atoms with Gasteiger partial charge in [-0.2, -0.15) is 4.89 Å². The minimum atomic E-state index is -0.816. The summed E-state index contributed by atoms with van der Waals surface area (Å²) in [6.45, 7) is 17.4. The van der Waals surface area contributed by atoms with Gasteiger partial charge in [0, 0.05) is 6.42 Å². The van der Waals surface area contributed by atoms with Crippen LogP contribution in [-0.4, -0.2) is 28.5 Å². The van der Waals surface area contributed by atoms with Gasteiger partial charge in [0.15, 0.2) is 0 Å². The predicted molar refractivity (Wildman–Crippen MR) is 142 cm³/mol. The molecule has 0 bridgehead atoms. The topological polar surface area (TPSA) is 114 Å². The summed E-state index contributed by atoms with van der Waals surface area (Å²) in [5.74, 6) is -1.59. The van der Waals surface area contributed by atoms with Gasteiger partial charge in [-0.15, -0.1) is 0 Å². The highest BCUT2D eigenvalue weighted by atomic mass is 17.2. The number of hydrogen-bond acceptors (Lipinski definition) is 6. The maximum Gasteiger partial charge on any atom is 0.373 e. The van der Waals surface area contributed by atoms with Crippen LogP contribution in [0.2, 0.25) is 0 Å². The van der Waals surface area contributed by atoms with Crippen LogP contribution >= 0.6 is 0 Å². The lowest BCUT2D eigenvalue weighted by Gasteiger charge is -2.28. The Kier molecular flexibility index (Phi) is 9.14. The van der Waals surface area contributed by atoms with Crippen molar-refractivity contribution in [1.82, 2.24) is 10.9 Å². The Labute approximate surface area is 219 Å². The lowest BCUT2D eigenvalue weighted by Crippen LogP contribution is -2.42. The monoisotopic (exact) mass is 512 g/mol. The zero-order chi connectivity index (χ0) is 28.2. The molecule has 0 aromatic heterocycles. The first kappa shape index (κ1) is 29.8. The minimum Gasteiger partial charge on any atom is -0.507 e. The number of nitrogens with one attached hydrogen (secondary N) is 2. The molecule has 0 saturated carbocycles. The van der Waals surface area contributed by atoms with Crippen LogP contribution in [0, 0.1) is 0 Å². The Bertz CT molecular complexity index is 1120. The lowest BCUT2D eigenvalue weighted by molar-refractivity contribution is -0.301. The zero-order valence-electron chi connectivity index (χ0n) is 23.4. The highest BCUT2D eigenvalue weighted by Crippen LogP contribution is 2.40. The molecular formula is C29H40N2O6. The van der Waals surface area contributed by atoms with Crippen molar-refractivity contribution in [2.24, 2.45) is 0 Å². The van der Waals surface area contributed by atoms with Crippen molar-refractivity contribution >= 4 is 17.8 Å². The average Bonchev–Trinajstić information content (AvgIpc) is 2.78. The SMILES string of the molecule is CC(C)(C)OOC(=O)c1ccccc1C(=O)NNC(=O)CCc1cc(C(C)(C)C)c(O)c(C(C)(C)C)c1. The number of carbonyl (C=O) groups excluding carboxylic acids is 3. The van der Waals surface area contributed by atoms with Crippen LogP contribution in [0.15, 0.2) is 36.4 Å². The number of hydrazine groups is 1. The predicted octanol–water partition coefficient (Wildman–Crippen LogP) is 5.27. The Morgan fingerprint density at radius 3 is 1.81 bits per heavy atom. The first-order valence-electron chi connectivity index (χ1n) is 12.4. The molecule has 37 heavy (non-hydrogen) atoms. The average molecular weight is 513 g/mol. The first-order chi connectivity index (χ1) is 16.9. The van der Waals surface area contributed by atoms with E-state index in [0.717, 1.165) is 16.7 Å². The molecule has 0 atom stereocenters. The quantitative estimate of drug-likeness (QED) is 0.359. The summed E-state index contributed by atoms with van der Waals surface area (Å²) in [5.41, 5.74) is 6.10. The second-order valence-electron chi connectivity index (χ2n) is 12.2. The van der Waals surface area contributed by atoms with E-state index in [9.17, 15) is 19.5 Å². The fraction of sp³-hybridized carbons (Fsp3) is 0.483. The highest BCUT2D eigenvalue weighted by molar-refractivity contribution is 6.05. The van der Waals surface area contributed by atoms with Crippen LogP contribution in [0.4, 0.5) is 0 Å². The van der Waals surface area contributed by atoms with E-state index in [4.69, 9.17) is 9.78 Å². The number of aryl methyl sites for hydroxylation is 1. The van der Waals surface area contributed by atoms with Crippen LogP contribution in [0.3, 0.4) is 0 Å². The summed E-state index contributed by atoms with van der Waals surface area (Å²) < 4.78 is 0. The number of phenols is 1. The first-order valence-corrected chi connectivity index (χ1v) is 12.4. The molecule has 2 rings (SSSR count). The third-order valence-electron chi connectivity index (χ3n) is 5.50. The molecule has 0 fully saturated rings. The minimum absolute atomic E-state index is 0.00649. The van der Waals surface area contributed by atoms with Gasteiger partial charge in [0.25, 0.3) is 5.91 Å². The summed E-state index contributed by atoms with van der Waals surface area (Å²) in [6.07, 6.45) is 0.530. The van der Waals surface area contributed by atoms with Crippen molar-refractivity contribution in [2.45, 2.75) is 91.6 Å². The second kappa shape index (κ2) is 11.3. The van der Waals surface area contributed by atoms with Gasteiger partial charge in [0.1, 0.15) is 11.4 Å². The van der Waals surface area contributed by atoms with Crippen LogP contribution in [0.1, 0.15) is 106 Å². The summed E-state index contributed by atoms with van der Waals surface area (Å²) in [6, 6.07) is 9.94. The summed E-state index contributed by atoms with van der Waals surface area (Å²) >= 11 is 0. The van der Waals surface area contributed by atoms with Crippen molar-refractivity contribution in [2.75, 3.05) is 0 Å². The molecule has 0 spiro atoms. The van der Waals surface area contributed by atoms with Gasteiger partial charge in [-0.3, -0.25) is 25.3 Å². The van der Waals surface area contributed by atoms with E-state index in [2.05, 4.69) is 10.9 Å². The molecule has 2 aromatic rings. The van der Waals surface area contributed by atoms with E-state index in [1.54, 1.807) is 32.9 Å². The van der Waals surface area contributed by atoms with Crippen molar-refractivity contribution in [3.05, 3.63) is 64.2 Å². The normalized spacial score (nSPS) is 12.1. The highest BCUT2D eigenvalue weighted by Gasteiger charge is 2.27. The number of carbonyl (C=O) groups is 3. The number of hydrogen-bond donors (Lipinski definition) is 3. The van der Waals surface area contributed by atoms with Gasteiger partial charge in [0.2, 0.25) is 5.91 Å². The number of benzene rings is 2. The van der Waals surface area contributed by atoms with Crippen LogP contribution in [-0.2, 0) is 31.8 Å². The van der Waals surface area contributed by atoms with E-state index in [1.165, 1.54) is 12.1 Å². The van der Waals surface area contributed by atoms with Crippen LogP contribution in [0.5, 0.6) is 5.75 Å². The number of phenolic OH excluding ortho intramolecular Hbond substituents is 1. The number of rotatable bonds is 6. The van der Waals surface area contributed by atoms with Gasteiger partial charge in [-0.1, -0.05) is 65.8 Å². The van der Waals surface area contributed by atoms with Crippen LogP contribution < -0.4 is 10.9 Å². The van der Waals surface area contributed by atoms with Gasteiger partial charge < -0.3 is 5.11 Å². The fourth-order valence-electron chi connectivity index (χ4n) is 3.56. The largest absolute Gasteiger partial charge is 0.507 e. The lowest BCUT2D eigenvalue weighted by atomic mass is 9.78. The van der Waals surface area contributed by atoms with Gasteiger partial charge >= 0.3 is 5.97 Å². The molecule has 2 amide bonds. The molecular weight excluding hydrogens is 472 g/mol. The van der Waals surface area contributed by atoms with E-state index in [-0.39, 0.29) is 34.1 Å². The Morgan fingerprint density at radius 2 is 1.32 bits per heavy atom. The molecule has 8 nitrogen and oxygen atoms in total. The molecule has 0 heterocycles. The molecule has 0 aliphatic rings. The van der Waals surface area contributed by atoms with E-state index in [0.29, 0.717) is 6.42 Å². The Balaban J connectivity index is 2.07. The standard InChI is InChI=1S/C29H40N2O6/c1-27(2,3)21-16-18(17-22(24(21)33)28(4,5)6)14-15-23(32)30-31-25(34)19-12-10-11-13-20(19)26(35)36-37-29(7,8)9/h10-13,16-17,33H,14-15H2,1-9H3,(H,30,32)(H,31,34). The fourth-order valence-corrected chi connectivity index (χ4v) is 3.56. The second-order valence-corrected chi connectivity index (χ2v) is 12.2. The van der Waals surface area contributed by atoms with Crippen LogP contribution in [0.25, 0.3) is 0 Å². The van der Waals surface area contributed by atoms with Gasteiger partial charge in [0.05, 0.1) is 11.1 Å². The van der Waals surface area contributed by atoms with Gasteiger partial charge in [-0.25, -0.2) is 4.79 Å². The third-order valence-corrected chi connectivity index (χ3v) is 5.50. The third kappa shape index (κ3) is 8.60. The van der Waals surface area contributed by atoms with Crippen molar-refractivity contribution in [3.63, 3.8) is 0 Å². The number of aromatic hydroxyl groups is 1. The zero-order valence-corrected chi connectivity index (χ0v) is 23.4. The summed E-state index contributed by atoms with van der Waals surface area (Å²) in [5, 5.41) is 10.9. The summed E-state index contributed by atoms with van der Waals surface area (Å²) in [7, 11) is 0. The molecule has 202 valence electrons. The molecule has 0 aliphatic carbocycles. The Hall–Kier alpha value is -3.39. The Morgan fingerprint density at radius 1 is 0.811 bits per heavy atom. The molecule has 0 unspecified atom stereocenters. The van der Waals surface area contributed by atoms with Crippen molar-refractivity contribution in [3.8, 4) is 5.75 Å². The molecule has 0 saturated heterocycles.